The third kappa shape index (κ3) is 6.11. The van der Waals surface area contributed by atoms with Crippen LogP contribution in [0.1, 0.15) is 11.1 Å². The smallest absolute Gasteiger partial charge is 0.148 e. The van der Waals surface area contributed by atoms with E-state index >= 15 is 0 Å². The Kier molecular flexibility index (Phi) is 8.83. The number of imidazole rings is 1. The van der Waals surface area contributed by atoms with E-state index in [1.165, 1.54) is 11.1 Å². The van der Waals surface area contributed by atoms with Crippen molar-refractivity contribution in [2.45, 2.75) is 6.42 Å². The normalized spacial score (nSPS) is 10.9. The molecule has 5 heteroatoms. The number of nitrogens with zero attached hydrogens (tertiary/aromatic N) is 3. The number of phenols is 1. The Hall–Kier alpha value is -5.57. The summed E-state index contributed by atoms with van der Waals surface area (Å²) in [6.07, 6.45) is 2.78. The van der Waals surface area contributed by atoms with Gasteiger partial charge in [-0.3, -0.25) is 9.55 Å². The molecule has 8 aromatic rings. The summed E-state index contributed by atoms with van der Waals surface area (Å²) >= 11 is 0. The van der Waals surface area contributed by atoms with Crippen LogP contribution < -0.4 is 0 Å². The summed E-state index contributed by atoms with van der Waals surface area (Å²) in [6.45, 7) is 0. The first-order chi connectivity index (χ1) is 23.2. The summed E-state index contributed by atoms with van der Waals surface area (Å²) in [7, 11) is 0. The predicted molar refractivity (Wildman–Crippen MR) is 190 cm³/mol. The molecular weight excluding hydrogens is 770 g/mol. The number of hydrogen-bond donors (Lipinski definition) is 1. The molecule has 6 aromatic carbocycles. The maximum atomic E-state index is 10.8. The van der Waals surface area contributed by atoms with Crippen molar-refractivity contribution in [3.8, 4) is 56.3 Å². The first kappa shape index (κ1) is 31.0. The van der Waals surface area contributed by atoms with Gasteiger partial charge in [0.05, 0.1) is 16.6 Å². The number of rotatable bonds is 7. The number of aromatic nitrogens is 3. The van der Waals surface area contributed by atoms with E-state index in [1.807, 2.05) is 54.7 Å². The summed E-state index contributed by atoms with van der Waals surface area (Å²) in [4.78, 5) is 9.89. The molecule has 0 fully saturated rings. The summed E-state index contributed by atoms with van der Waals surface area (Å²) in [5.41, 5.74) is 11.9. The van der Waals surface area contributed by atoms with Crippen molar-refractivity contribution in [2.75, 3.05) is 0 Å². The van der Waals surface area contributed by atoms with Gasteiger partial charge in [-0.15, -0.1) is 29.8 Å². The second kappa shape index (κ2) is 13.7. The van der Waals surface area contributed by atoms with Crippen molar-refractivity contribution in [1.82, 2.24) is 14.5 Å². The van der Waals surface area contributed by atoms with Crippen LogP contribution in [0, 0.1) is 6.07 Å². The fraction of sp³-hybridized carbons (Fsp3) is 0.0233. The van der Waals surface area contributed by atoms with Crippen molar-refractivity contribution in [2.24, 2.45) is 0 Å². The topological polar surface area (TPSA) is 50.9 Å². The molecule has 0 saturated heterocycles. The Morgan fingerprint density at radius 2 is 1.25 bits per heavy atom. The van der Waals surface area contributed by atoms with Crippen LogP contribution >= 0.6 is 0 Å². The van der Waals surface area contributed by atoms with Gasteiger partial charge < -0.3 is 5.11 Å². The zero-order chi connectivity index (χ0) is 31.6. The van der Waals surface area contributed by atoms with Crippen molar-refractivity contribution < 1.29 is 26.2 Å². The fourth-order valence-corrected chi connectivity index (χ4v) is 6.18. The molecule has 234 valence electrons. The first-order valence-corrected chi connectivity index (χ1v) is 15.7. The van der Waals surface area contributed by atoms with Gasteiger partial charge in [-0.1, -0.05) is 114 Å². The maximum absolute atomic E-state index is 10.8. The van der Waals surface area contributed by atoms with Gasteiger partial charge in [0, 0.05) is 38.6 Å². The molecule has 0 aliphatic rings. The fourth-order valence-electron chi connectivity index (χ4n) is 6.18. The van der Waals surface area contributed by atoms with Gasteiger partial charge in [0.25, 0.3) is 0 Å². The van der Waals surface area contributed by atoms with E-state index in [0.29, 0.717) is 11.4 Å². The van der Waals surface area contributed by atoms with Gasteiger partial charge in [0.15, 0.2) is 0 Å². The van der Waals surface area contributed by atoms with Gasteiger partial charge in [0.1, 0.15) is 11.6 Å². The van der Waals surface area contributed by atoms with Gasteiger partial charge in [-0.05, 0) is 65.1 Å². The molecular formula is C43H30N3OPt-. The molecule has 1 N–H and O–H groups in total. The van der Waals surface area contributed by atoms with Crippen LogP contribution in [0.4, 0.5) is 0 Å². The molecule has 8 rings (SSSR count). The molecule has 0 aliphatic carbocycles. The summed E-state index contributed by atoms with van der Waals surface area (Å²) < 4.78 is 2.11. The number of fused-ring (bicyclic) bond motifs is 1. The number of benzene rings is 6. The molecule has 2 heterocycles. The number of hydrogen-bond acceptors (Lipinski definition) is 3. The molecule has 0 bridgehead atoms. The van der Waals surface area contributed by atoms with Gasteiger partial charge in [-0.2, -0.15) is 0 Å². The van der Waals surface area contributed by atoms with Crippen LogP contribution in [0.15, 0.2) is 164 Å². The van der Waals surface area contributed by atoms with Gasteiger partial charge in [-0.25, -0.2) is 4.98 Å². The molecule has 48 heavy (non-hydrogen) atoms. The van der Waals surface area contributed by atoms with Gasteiger partial charge in [0.2, 0.25) is 0 Å². The minimum Gasteiger partial charge on any atom is -0.507 e. The van der Waals surface area contributed by atoms with E-state index in [1.54, 1.807) is 6.07 Å². The Morgan fingerprint density at radius 1 is 0.583 bits per heavy atom. The van der Waals surface area contributed by atoms with Crippen molar-refractivity contribution in [1.29, 1.82) is 0 Å². The van der Waals surface area contributed by atoms with E-state index in [0.717, 1.165) is 56.7 Å². The molecule has 0 radical (unpaired) electrons. The third-order valence-electron chi connectivity index (χ3n) is 8.50. The van der Waals surface area contributed by atoms with E-state index < -0.39 is 0 Å². The molecule has 0 unspecified atom stereocenters. The molecule has 2 aromatic heterocycles. The van der Waals surface area contributed by atoms with Crippen LogP contribution in [0.3, 0.4) is 0 Å². The van der Waals surface area contributed by atoms with Crippen LogP contribution in [0.2, 0.25) is 0 Å². The van der Waals surface area contributed by atoms with Crippen LogP contribution in [0.5, 0.6) is 5.75 Å². The third-order valence-corrected chi connectivity index (χ3v) is 8.50. The zero-order valence-electron chi connectivity index (χ0n) is 25.9. The SMILES string of the molecule is Oc1ccccc1-c1nc2c(-c3[c-]c(-c4cc(-c5ccc(Cc6ccccc6)cc5)ccn4)ccc3)cccc2n1-c1ccccc1.[Pt]. The largest absolute Gasteiger partial charge is 0.507 e. The maximum Gasteiger partial charge on any atom is 0.148 e. The minimum absolute atomic E-state index is 0. The van der Waals surface area contributed by atoms with Gasteiger partial charge >= 0.3 is 0 Å². The quantitative estimate of drug-likeness (QED) is 0.163. The number of pyridine rings is 1. The van der Waals surface area contributed by atoms with Crippen LogP contribution in [-0.4, -0.2) is 19.6 Å². The second-order valence-electron chi connectivity index (χ2n) is 11.6. The Labute approximate surface area is 294 Å². The second-order valence-corrected chi connectivity index (χ2v) is 11.6. The average Bonchev–Trinajstić information content (AvgIpc) is 3.53. The predicted octanol–water partition coefficient (Wildman–Crippen LogP) is 10.2. The molecule has 0 aliphatic heterocycles. The Morgan fingerprint density at radius 3 is 2.04 bits per heavy atom. The Balaban J connectivity index is 0.00000364. The van der Waals surface area contributed by atoms with Crippen molar-refractivity contribution >= 4 is 11.0 Å². The zero-order valence-corrected chi connectivity index (χ0v) is 28.2. The van der Waals surface area contributed by atoms with Crippen molar-refractivity contribution in [3.63, 3.8) is 0 Å². The Bertz CT molecular complexity index is 2330. The van der Waals surface area contributed by atoms with E-state index in [4.69, 9.17) is 9.97 Å². The van der Waals surface area contributed by atoms with E-state index in [2.05, 4.69) is 114 Å². The minimum atomic E-state index is 0. The first-order valence-electron chi connectivity index (χ1n) is 15.7. The van der Waals surface area contributed by atoms with Crippen LogP contribution in [0.25, 0.3) is 61.6 Å². The number of aromatic hydroxyl groups is 1. The molecule has 0 spiro atoms. The molecule has 4 nitrogen and oxygen atoms in total. The number of para-hydroxylation sites is 3. The standard InChI is InChI=1S/C43H30N3O.Pt/c47-41-20-8-7-17-38(41)43-45-42-37(18-10-19-40(42)46(43)36-15-5-2-6-16-36)34-13-9-14-35(28-34)39-29-33(25-26-44-39)32-23-21-31(22-24-32)27-30-11-3-1-4-12-30;/h1-26,29,47H,27H2;/q-1;. The molecule has 0 saturated carbocycles. The van der Waals surface area contributed by atoms with E-state index in [9.17, 15) is 5.11 Å². The average molecular weight is 800 g/mol. The summed E-state index contributed by atoms with van der Waals surface area (Å²) in [5, 5.41) is 10.8. The van der Waals surface area contributed by atoms with Crippen LogP contribution in [-0.2, 0) is 27.5 Å². The molecule has 0 amide bonds. The summed E-state index contributed by atoms with van der Waals surface area (Å²) in [6, 6.07) is 57.0. The molecule has 0 atom stereocenters. The monoisotopic (exact) mass is 799 g/mol. The van der Waals surface area contributed by atoms with Crippen molar-refractivity contribution in [3.05, 3.63) is 181 Å². The number of phenolic OH excluding ortho intramolecular Hbond substituents is 1. The van der Waals surface area contributed by atoms with E-state index in [-0.39, 0.29) is 26.8 Å². The summed E-state index contributed by atoms with van der Waals surface area (Å²) in [5.74, 6) is 0.865.